The van der Waals surface area contributed by atoms with Gasteiger partial charge in [-0.2, -0.15) is 0 Å². The van der Waals surface area contributed by atoms with Gasteiger partial charge in [0.25, 0.3) is 0 Å². The van der Waals surface area contributed by atoms with E-state index in [-0.39, 0.29) is 18.4 Å². The average molecular weight is 282 g/mol. The highest BCUT2D eigenvalue weighted by atomic mass is 35.5. The Bertz CT molecular complexity index is 475. The number of nitrogens with two attached hydrogens (primary N) is 1. The number of para-hydroxylation sites is 1. The number of hydrogen-bond acceptors (Lipinski definition) is 2. The first-order valence-corrected chi connectivity index (χ1v) is 5.94. The molecule has 0 aliphatic rings. The summed E-state index contributed by atoms with van der Waals surface area (Å²) < 4.78 is 17.8. The van der Waals surface area contributed by atoms with E-state index in [1.54, 1.807) is 0 Å². The van der Waals surface area contributed by atoms with Gasteiger partial charge in [-0.05, 0) is 36.2 Å². The smallest absolute Gasteiger partial charge is 0.127 e. The number of benzene rings is 2. The van der Waals surface area contributed by atoms with Crippen LogP contribution in [0.1, 0.15) is 18.0 Å². The van der Waals surface area contributed by atoms with Crippen LogP contribution < -0.4 is 10.5 Å². The maximum Gasteiger partial charge on any atom is 0.127 e. The summed E-state index contributed by atoms with van der Waals surface area (Å²) in [4.78, 5) is 0. The quantitative estimate of drug-likeness (QED) is 0.889. The maximum atomic E-state index is 12.2. The van der Waals surface area contributed by atoms with Crippen LogP contribution in [0.15, 0.2) is 54.6 Å². The monoisotopic (exact) mass is 281 g/mol. The van der Waals surface area contributed by atoms with Crippen molar-refractivity contribution in [2.45, 2.75) is 12.5 Å². The van der Waals surface area contributed by atoms with Gasteiger partial charge in [0.05, 0.1) is 6.67 Å². The number of hydrogen-bond donors (Lipinski definition) is 1. The maximum absolute atomic E-state index is 12.2. The highest BCUT2D eigenvalue weighted by molar-refractivity contribution is 5.85. The van der Waals surface area contributed by atoms with Gasteiger partial charge < -0.3 is 10.5 Å². The molecule has 2 aromatic carbocycles. The van der Waals surface area contributed by atoms with E-state index < -0.39 is 6.67 Å². The molecule has 0 aliphatic carbocycles. The zero-order valence-electron chi connectivity index (χ0n) is 10.5. The van der Waals surface area contributed by atoms with Crippen molar-refractivity contribution in [2.24, 2.45) is 5.73 Å². The van der Waals surface area contributed by atoms with Crippen molar-refractivity contribution < 1.29 is 9.13 Å². The summed E-state index contributed by atoms with van der Waals surface area (Å²) in [6, 6.07) is 16.7. The highest BCUT2D eigenvalue weighted by Crippen LogP contribution is 2.23. The lowest BCUT2D eigenvalue weighted by molar-refractivity contribution is 0.441. The van der Waals surface area contributed by atoms with Crippen molar-refractivity contribution in [3.63, 3.8) is 0 Å². The summed E-state index contributed by atoms with van der Waals surface area (Å²) in [5, 5.41) is 0. The fourth-order valence-electron chi connectivity index (χ4n) is 1.69. The van der Waals surface area contributed by atoms with E-state index >= 15 is 0 Å². The fraction of sp³-hybridized carbons (Fsp3) is 0.200. The summed E-state index contributed by atoms with van der Waals surface area (Å²) in [7, 11) is 0. The van der Waals surface area contributed by atoms with Gasteiger partial charge in [-0.3, -0.25) is 4.39 Å². The highest BCUT2D eigenvalue weighted by Gasteiger charge is 2.05. The third-order valence-electron chi connectivity index (χ3n) is 2.71. The van der Waals surface area contributed by atoms with Crippen LogP contribution >= 0.6 is 12.4 Å². The number of rotatable bonds is 5. The van der Waals surface area contributed by atoms with Crippen LogP contribution in [-0.4, -0.2) is 6.67 Å². The Kier molecular flexibility index (Phi) is 6.33. The predicted molar refractivity (Wildman–Crippen MR) is 77.7 cm³/mol. The Balaban J connectivity index is 0.00000180. The van der Waals surface area contributed by atoms with Crippen molar-refractivity contribution in [2.75, 3.05) is 6.67 Å². The second-order valence-electron chi connectivity index (χ2n) is 4.07. The molecule has 0 radical (unpaired) electrons. The van der Waals surface area contributed by atoms with Crippen LogP contribution in [0, 0.1) is 0 Å². The van der Waals surface area contributed by atoms with E-state index in [9.17, 15) is 4.39 Å². The molecule has 102 valence electrons. The van der Waals surface area contributed by atoms with Crippen molar-refractivity contribution in [1.29, 1.82) is 0 Å². The topological polar surface area (TPSA) is 35.2 Å². The SMILES string of the molecule is Cl.N[C@H](CCF)c1ccc(Oc2ccccc2)cc1. The van der Waals surface area contributed by atoms with Gasteiger partial charge >= 0.3 is 0 Å². The minimum absolute atomic E-state index is 0. The van der Waals surface area contributed by atoms with E-state index in [4.69, 9.17) is 10.5 Å². The molecule has 0 fully saturated rings. The molecule has 0 unspecified atom stereocenters. The molecule has 0 aromatic heterocycles. The zero-order valence-corrected chi connectivity index (χ0v) is 11.3. The molecule has 0 heterocycles. The van der Waals surface area contributed by atoms with Crippen LogP contribution in [0.3, 0.4) is 0 Å². The third-order valence-corrected chi connectivity index (χ3v) is 2.71. The predicted octanol–water partition coefficient (Wildman–Crippen LogP) is 4.26. The zero-order chi connectivity index (χ0) is 12.8. The van der Waals surface area contributed by atoms with Crippen LogP contribution in [-0.2, 0) is 0 Å². The summed E-state index contributed by atoms with van der Waals surface area (Å²) >= 11 is 0. The minimum Gasteiger partial charge on any atom is -0.457 e. The second-order valence-corrected chi connectivity index (χ2v) is 4.07. The Morgan fingerprint density at radius 3 is 2.11 bits per heavy atom. The van der Waals surface area contributed by atoms with Gasteiger partial charge in [-0.1, -0.05) is 30.3 Å². The average Bonchev–Trinajstić information content (AvgIpc) is 2.41. The molecule has 0 saturated carbocycles. The summed E-state index contributed by atoms with van der Waals surface area (Å²) in [5.41, 5.74) is 6.75. The molecule has 2 aromatic rings. The van der Waals surface area contributed by atoms with Gasteiger partial charge in [0, 0.05) is 6.04 Å². The molecule has 19 heavy (non-hydrogen) atoms. The Morgan fingerprint density at radius 2 is 1.53 bits per heavy atom. The number of halogens is 2. The summed E-state index contributed by atoms with van der Waals surface area (Å²) in [6.45, 7) is -0.399. The third kappa shape index (κ3) is 4.54. The Morgan fingerprint density at radius 1 is 0.947 bits per heavy atom. The normalized spacial score (nSPS) is 11.5. The lowest BCUT2D eigenvalue weighted by atomic mass is 10.1. The van der Waals surface area contributed by atoms with Gasteiger partial charge in [0.15, 0.2) is 0 Å². The Hall–Kier alpha value is -1.58. The number of ether oxygens (including phenoxy) is 1. The fourth-order valence-corrected chi connectivity index (χ4v) is 1.69. The summed E-state index contributed by atoms with van der Waals surface area (Å²) in [6.07, 6.45) is 0.346. The molecule has 1 atom stereocenters. The van der Waals surface area contributed by atoms with E-state index in [0.29, 0.717) is 6.42 Å². The molecule has 0 aliphatic heterocycles. The van der Waals surface area contributed by atoms with Gasteiger partial charge in [0.1, 0.15) is 11.5 Å². The molecular formula is C15H17ClFNO. The standard InChI is InChI=1S/C15H16FNO.ClH/c16-11-10-15(17)12-6-8-14(9-7-12)18-13-4-2-1-3-5-13;/h1-9,15H,10-11,17H2;1H/t15-;/m1./s1. The molecule has 4 heteroatoms. The van der Waals surface area contributed by atoms with Crippen molar-refractivity contribution in [3.8, 4) is 11.5 Å². The first-order chi connectivity index (χ1) is 8.79. The molecule has 2 nitrogen and oxygen atoms in total. The first kappa shape index (κ1) is 15.5. The number of alkyl halides is 1. The van der Waals surface area contributed by atoms with Crippen LogP contribution in [0.5, 0.6) is 11.5 Å². The summed E-state index contributed by atoms with van der Waals surface area (Å²) in [5.74, 6) is 1.54. The van der Waals surface area contributed by atoms with Gasteiger partial charge in [-0.15, -0.1) is 12.4 Å². The lowest BCUT2D eigenvalue weighted by Gasteiger charge is -2.11. The van der Waals surface area contributed by atoms with Crippen LogP contribution in [0.25, 0.3) is 0 Å². The van der Waals surface area contributed by atoms with E-state index in [2.05, 4.69) is 0 Å². The lowest BCUT2D eigenvalue weighted by Crippen LogP contribution is -2.10. The minimum atomic E-state index is -0.399. The van der Waals surface area contributed by atoms with Crippen LogP contribution in [0.2, 0.25) is 0 Å². The Labute approximate surface area is 118 Å². The van der Waals surface area contributed by atoms with Crippen LogP contribution in [0.4, 0.5) is 4.39 Å². The van der Waals surface area contributed by atoms with Crippen molar-refractivity contribution in [1.82, 2.24) is 0 Å². The van der Waals surface area contributed by atoms with Gasteiger partial charge in [-0.25, -0.2) is 0 Å². The molecule has 0 spiro atoms. The molecular weight excluding hydrogens is 265 g/mol. The molecule has 2 N–H and O–H groups in total. The van der Waals surface area contributed by atoms with E-state index in [1.807, 2.05) is 54.6 Å². The molecule has 2 rings (SSSR count). The first-order valence-electron chi connectivity index (χ1n) is 5.94. The van der Waals surface area contributed by atoms with E-state index in [0.717, 1.165) is 17.1 Å². The van der Waals surface area contributed by atoms with E-state index in [1.165, 1.54) is 0 Å². The second kappa shape index (κ2) is 7.77. The molecule has 0 saturated heterocycles. The molecule has 0 amide bonds. The van der Waals surface area contributed by atoms with Gasteiger partial charge in [0.2, 0.25) is 0 Å². The molecule has 0 bridgehead atoms. The van der Waals surface area contributed by atoms with Crippen molar-refractivity contribution >= 4 is 12.4 Å². The van der Waals surface area contributed by atoms with Crippen molar-refractivity contribution in [3.05, 3.63) is 60.2 Å². The largest absolute Gasteiger partial charge is 0.457 e.